The number of likely N-dealkylation sites (tertiary alicyclic amines) is 1. The molecule has 43 heavy (non-hydrogen) atoms. The van der Waals surface area contributed by atoms with E-state index in [2.05, 4.69) is 50.8 Å². The minimum atomic E-state index is -5.08. The number of hydrogen-bond donors (Lipinski definition) is 2. The van der Waals surface area contributed by atoms with Gasteiger partial charge in [0.05, 0.1) is 30.7 Å². The van der Waals surface area contributed by atoms with Crippen LogP contribution in [-0.2, 0) is 16.1 Å². The van der Waals surface area contributed by atoms with Crippen molar-refractivity contribution in [1.82, 2.24) is 19.3 Å². The molecule has 5 rings (SSSR count). The molecule has 1 aliphatic rings. The monoisotopic (exact) mass is 612 g/mol. The molecule has 15 heteroatoms. The standard InChI is InChI=1S/C24H24N4O.2C2HF3O2/c1-29-23-9-3-2-6-20(23)16-27-13-5-8-21(27)24-22-11-10-19(15-28(22)17-26-24)18-7-4-12-25-14-18;2*3-2(4,5)1(6)7/h2-4,6-7,9-12,14-15,17,21H,5,8,13,16H2,1H3;2*(H,6,7). The van der Waals surface area contributed by atoms with Crippen molar-refractivity contribution in [2.24, 2.45) is 0 Å². The van der Waals surface area contributed by atoms with Crippen LogP contribution in [0.15, 0.2) is 73.4 Å². The second-order valence-corrected chi connectivity index (χ2v) is 9.13. The number of fused-ring (bicyclic) bond motifs is 1. The van der Waals surface area contributed by atoms with Crippen LogP contribution in [0.2, 0.25) is 0 Å². The highest BCUT2D eigenvalue weighted by molar-refractivity contribution is 5.73. The van der Waals surface area contributed by atoms with Gasteiger partial charge in [0.1, 0.15) is 5.75 Å². The molecule has 1 fully saturated rings. The summed E-state index contributed by atoms with van der Waals surface area (Å²) in [5, 5.41) is 14.2. The number of alkyl halides is 6. The molecule has 2 N–H and O–H groups in total. The van der Waals surface area contributed by atoms with E-state index < -0.39 is 24.3 Å². The molecule has 4 aromatic rings. The lowest BCUT2D eigenvalue weighted by Gasteiger charge is -2.24. The predicted octanol–water partition coefficient (Wildman–Crippen LogP) is 6.01. The Balaban J connectivity index is 0.000000303. The van der Waals surface area contributed by atoms with Crippen LogP contribution in [0.25, 0.3) is 16.6 Å². The minimum Gasteiger partial charge on any atom is -0.496 e. The quantitative estimate of drug-likeness (QED) is 0.263. The molecule has 1 saturated heterocycles. The highest BCUT2D eigenvalue weighted by Crippen LogP contribution is 2.36. The molecule has 0 aliphatic carbocycles. The van der Waals surface area contributed by atoms with Crippen molar-refractivity contribution >= 4 is 17.5 Å². The van der Waals surface area contributed by atoms with Crippen LogP contribution in [0.5, 0.6) is 5.75 Å². The van der Waals surface area contributed by atoms with Gasteiger partial charge in [-0.05, 0) is 43.1 Å². The molecular formula is C28H26F6N4O5. The topological polar surface area (TPSA) is 117 Å². The first kappa shape index (κ1) is 32.8. The van der Waals surface area contributed by atoms with E-state index in [0.29, 0.717) is 6.04 Å². The lowest BCUT2D eigenvalue weighted by atomic mass is 10.1. The van der Waals surface area contributed by atoms with E-state index in [1.165, 1.54) is 17.5 Å². The number of aliphatic carboxylic acids is 2. The molecule has 1 atom stereocenters. The normalized spacial score (nSPS) is 15.2. The van der Waals surface area contributed by atoms with Gasteiger partial charge in [-0.2, -0.15) is 26.3 Å². The highest BCUT2D eigenvalue weighted by atomic mass is 19.4. The van der Waals surface area contributed by atoms with E-state index in [1.807, 2.05) is 30.7 Å². The molecule has 0 bridgehead atoms. The lowest BCUT2D eigenvalue weighted by Crippen LogP contribution is -2.23. The van der Waals surface area contributed by atoms with E-state index in [1.54, 1.807) is 13.3 Å². The van der Waals surface area contributed by atoms with Crippen molar-refractivity contribution in [3.05, 3.63) is 84.7 Å². The Morgan fingerprint density at radius 2 is 1.60 bits per heavy atom. The average molecular weight is 613 g/mol. The number of pyridine rings is 2. The van der Waals surface area contributed by atoms with Gasteiger partial charge in [0.25, 0.3) is 0 Å². The third-order valence-electron chi connectivity index (χ3n) is 6.29. The van der Waals surface area contributed by atoms with E-state index in [9.17, 15) is 26.3 Å². The molecule has 3 aromatic heterocycles. The van der Waals surface area contributed by atoms with Gasteiger partial charge in [-0.3, -0.25) is 9.88 Å². The predicted molar refractivity (Wildman–Crippen MR) is 141 cm³/mol. The molecule has 0 amide bonds. The molecule has 9 nitrogen and oxygen atoms in total. The van der Waals surface area contributed by atoms with Crippen molar-refractivity contribution < 1.29 is 50.9 Å². The van der Waals surface area contributed by atoms with Gasteiger partial charge in [0.15, 0.2) is 0 Å². The van der Waals surface area contributed by atoms with Crippen LogP contribution < -0.4 is 4.74 Å². The van der Waals surface area contributed by atoms with Crippen LogP contribution in [0.3, 0.4) is 0 Å². The number of carboxylic acids is 2. The van der Waals surface area contributed by atoms with Crippen LogP contribution in [-0.4, -0.2) is 67.4 Å². The van der Waals surface area contributed by atoms with Crippen molar-refractivity contribution in [2.45, 2.75) is 37.8 Å². The number of ether oxygens (including phenoxy) is 1. The zero-order valence-corrected chi connectivity index (χ0v) is 22.5. The summed E-state index contributed by atoms with van der Waals surface area (Å²) >= 11 is 0. The number of nitrogens with zero attached hydrogens (tertiary/aromatic N) is 4. The number of benzene rings is 1. The third kappa shape index (κ3) is 8.91. The van der Waals surface area contributed by atoms with Crippen molar-refractivity contribution in [3.8, 4) is 16.9 Å². The maximum absolute atomic E-state index is 10.6. The fourth-order valence-electron chi connectivity index (χ4n) is 4.36. The summed E-state index contributed by atoms with van der Waals surface area (Å²) in [7, 11) is 1.74. The maximum Gasteiger partial charge on any atom is 0.490 e. The zero-order valence-electron chi connectivity index (χ0n) is 22.5. The SMILES string of the molecule is COc1ccccc1CN1CCCC1c1ncn2cc(-c3cccnc3)ccc12.O=C(O)C(F)(F)F.O=C(O)C(F)(F)F. The van der Waals surface area contributed by atoms with Crippen LogP contribution in [0.1, 0.15) is 30.1 Å². The Labute approximate surface area is 241 Å². The summed E-state index contributed by atoms with van der Waals surface area (Å²) in [5.41, 5.74) is 5.82. The number of carboxylic acid groups (broad SMARTS) is 2. The van der Waals surface area contributed by atoms with Gasteiger partial charge in [-0.25, -0.2) is 14.6 Å². The average Bonchev–Trinajstić information content (AvgIpc) is 3.59. The first-order valence-corrected chi connectivity index (χ1v) is 12.6. The van der Waals surface area contributed by atoms with E-state index in [0.717, 1.165) is 42.1 Å². The fraction of sp³-hybridized carbons (Fsp3) is 0.286. The maximum atomic E-state index is 10.6. The molecule has 230 valence electrons. The number of para-hydroxylation sites is 1. The van der Waals surface area contributed by atoms with Crippen molar-refractivity contribution in [2.75, 3.05) is 13.7 Å². The molecule has 4 heterocycles. The first-order valence-electron chi connectivity index (χ1n) is 12.6. The summed E-state index contributed by atoms with van der Waals surface area (Å²) in [6.07, 6.45) is -0.0794. The summed E-state index contributed by atoms with van der Waals surface area (Å²) in [6.45, 7) is 1.96. The number of methoxy groups -OCH3 is 1. The number of imidazole rings is 1. The van der Waals surface area contributed by atoms with Crippen molar-refractivity contribution in [3.63, 3.8) is 0 Å². The van der Waals surface area contributed by atoms with Gasteiger partial charge in [-0.15, -0.1) is 0 Å². The van der Waals surface area contributed by atoms with Crippen molar-refractivity contribution in [1.29, 1.82) is 0 Å². The Bertz CT molecular complexity index is 1500. The van der Waals surface area contributed by atoms with E-state index in [-0.39, 0.29) is 0 Å². The van der Waals surface area contributed by atoms with E-state index >= 15 is 0 Å². The summed E-state index contributed by atoms with van der Waals surface area (Å²) in [4.78, 5) is 29.4. The highest BCUT2D eigenvalue weighted by Gasteiger charge is 2.39. The second-order valence-electron chi connectivity index (χ2n) is 9.13. The second kappa shape index (κ2) is 14.0. The lowest BCUT2D eigenvalue weighted by molar-refractivity contribution is -0.193. The Kier molecular flexibility index (Phi) is 10.7. The van der Waals surface area contributed by atoms with E-state index in [4.69, 9.17) is 29.5 Å². The fourth-order valence-corrected chi connectivity index (χ4v) is 4.36. The summed E-state index contributed by atoms with van der Waals surface area (Å²) in [6, 6.07) is 17.0. The molecule has 1 aliphatic heterocycles. The molecule has 0 saturated carbocycles. The Morgan fingerprint density at radius 1 is 0.953 bits per heavy atom. The zero-order chi connectivity index (χ0) is 31.8. The number of rotatable bonds is 5. The molecule has 1 unspecified atom stereocenters. The van der Waals surface area contributed by atoms with Gasteiger partial charge < -0.3 is 19.4 Å². The Hall–Kier alpha value is -4.66. The summed E-state index contributed by atoms with van der Waals surface area (Å²) < 4.78 is 71.2. The van der Waals surface area contributed by atoms with Gasteiger partial charge in [-0.1, -0.05) is 30.3 Å². The molecule has 0 spiro atoms. The number of carbonyl (C=O) groups is 2. The molecular weight excluding hydrogens is 586 g/mol. The number of hydrogen-bond acceptors (Lipinski definition) is 6. The van der Waals surface area contributed by atoms with Crippen LogP contribution in [0, 0.1) is 0 Å². The third-order valence-corrected chi connectivity index (χ3v) is 6.29. The minimum absolute atomic E-state index is 0.328. The Morgan fingerprint density at radius 3 is 2.19 bits per heavy atom. The molecule has 1 aromatic carbocycles. The number of aromatic nitrogens is 3. The van der Waals surface area contributed by atoms with Crippen LogP contribution in [0.4, 0.5) is 26.3 Å². The van der Waals surface area contributed by atoms with Gasteiger partial charge >= 0.3 is 24.3 Å². The van der Waals surface area contributed by atoms with Gasteiger partial charge in [0, 0.05) is 36.3 Å². The smallest absolute Gasteiger partial charge is 0.490 e. The largest absolute Gasteiger partial charge is 0.496 e. The summed E-state index contributed by atoms with van der Waals surface area (Å²) in [5.74, 6) is -4.56. The van der Waals surface area contributed by atoms with Gasteiger partial charge in [0.2, 0.25) is 0 Å². The van der Waals surface area contributed by atoms with Crippen LogP contribution >= 0.6 is 0 Å². The first-order chi connectivity index (χ1) is 20.2. The number of halogens is 6. The molecule has 0 radical (unpaired) electrons.